The van der Waals surface area contributed by atoms with Gasteiger partial charge in [-0.3, -0.25) is 4.79 Å². The van der Waals surface area contributed by atoms with Crippen molar-refractivity contribution in [3.63, 3.8) is 0 Å². The fourth-order valence-electron chi connectivity index (χ4n) is 2.52. The number of benzene rings is 2. The minimum absolute atomic E-state index is 0.00405. The van der Waals surface area contributed by atoms with Gasteiger partial charge >= 0.3 is 0 Å². The number of alkyl halides is 1. The second-order valence-electron chi connectivity index (χ2n) is 5.05. The van der Waals surface area contributed by atoms with E-state index in [9.17, 15) is 4.79 Å². The van der Waals surface area contributed by atoms with Gasteiger partial charge in [0.25, 0.3) is 0 Å². The number of para-hydroxylation sites is 1. The normalized spacial score (nSPS) is 16.7. The van der Waals surface area contributed by atoms with Gasteiger partial charge in [-0.05, 0) is 30.2 Å². The number of hydrogen-bond acceptors (Lipinski definition) is 2. The van der Waals surface area contributed by atoms with Crippen molar-refractivity contribution in [1.29, 1.82) is 0 Å². The number of hydrogen-bond donors (Lipinski definition) is 1. The Bertz CT molecular complexity index is 639. The zero-order chi connectivity index (χ0) is 14.7. The molecular formula is C17H16ClNO2. The maximum Gasteiger partial charge on any atom is 0.232 e. The number of amides is 1. The van der Waals surface area contributed by atoms with E-state index < -0.39 is 0 Å². The summed E-state index contributed by atoms with van der Waals surface area (Å²) in [6.07, 6.45) is 0.697. The van der Waals surface area contributed by atoms with E-state index in [1.165, 1.54) is 0 Å². The number of carbonyl (C=O) groups excluding carboxylic acids is 1. The number of halogens is 1. The molecule has 2 aromatic carbocycles. The van der Waals surface area contributed by atoms with Gasteiger partial charge in [0.15, 0.2) is 0 Å². The van der Waals surface area contributed by atoms with E-state index in [2.05, 4.69) is 5.32 Å². The Morgan fingerprint density at radius 3 is 2.71 bits per heavy atom. The summed E-state index contributed by atoms with van der Waals surface area (Å²) < 4.78 is 5.59. The minimum atomic E-state index is -0.164. The van der Waals surface area contributed by atoms with Crippen LogP contribution in [0.5, 0.6) is 5.75 Å². The highest BCUT2D eigenvalue weighted by Gasteiger charge is 2.27. The van der Waals surface area contributed by atoms with Gasteiger partial charge in [0, 0.05) is 17.1 Å². The molecule has 1 atom stereocenters. The van der Waals surface area contributed by atoms with Gasteiger partial charge in [-0.25, -0.2) is 0 Å². The second kappa shape index (κ2) is 6.19. The minimum Gasteiger partial charge on any atom is -0.493 e. The van der Waals surface area contributed by atoms with Crippen LogP contribution in [0, 0.1) is 0 Å². The highest BCUT2D eigenvalue weighted by atomic mass is 35.5. The average molecular weight is 302 g/mol. The second-order valence-corrected chi connectivity index (χ2v) is 5.31. The fourth-order valence-corrected chi connectivity index (χ4v) is 2.70. The number of rotatable bonds is 3. The van der Waals surface area contributed by atoms with Crippen molar-refractivity contribution in [3.8, 4) is 5.75 Å². The van der Waals surface area contributed by atoms with Gasteiger partial charge in [0.2, 0.25) is 5.91 Å². The molecule has 0 saturated heterocycles. The zero-order valence-corrected chi connectivity index (χ0v) is 12.3. The quantitative estimate of drug-likeness (QED) is 0.872. The van der Waals surface area contributed by atoms with Crippen molar-refractivity contribution in [3.05, 3.63) is 59.7 Å². The molecule has 2 aromatic rings. The highest BCUT2D eigenvalue weighted by molar-refractivity contribution is 6.17. The van der Waals surface area contributed by atoms with Crippen LogP contribution in [0.2, 0.25) is 0 Å². The molecule has 1 aliphatic rings. The molecule has 108 valence electrons. The van der Waals surface area contributed by atoms with Crippen LogP contribution >= 0.6 is 11.6 Å². The molecule has 1 unspecified atom stereocenters. The SMILES string of the molecule is O=C(Nc1ccc(CCl)cc1)C1CCOc2ccccc21. The number of carbonyl (C=O) groups is 1. The highest BCUT2D eigenvalue weighted by Crippen LogP contribution is 2.34. The Morgan fingerprint density at radius 2 is 1.95 bits per heavy atom. The topological polar surface area (TPSA) is 38.3 Å². The molecule has 1 N–H and O–H groups in total. The van der Waals surface area contributed by atoms with Gasteiger partial charge in [0.1, 0.15) is 5.75 Å². The molecule has 1 amide bonds. The third-order valence-electron chi connectivity index (χ3n) is 3.65. The standard InChI is InChI=1S/C17H16ClNO2/c18-11-12-5-7-13(8-6-12)19-17(20)15-9-10-21-16-4-2-1-3-14(15)16/h1-8,15H,9-11H2,(H,19,20). The smallest absolute Gasteiger partial charge is 0.232 e. The van der Waals surface area contributed by atoms with Crippen LogP contribution < -0.4 is 10.1 Å². The molecule has 0 aliphatic carbocycles. The van der Waals surface area contributed by atoms with Gasteiger partial charge in [-0.15, -0.1) is 11.6 Å². The van der Waals surface area contributed by atoms with Crippen LogP contribution in [0.15, 0.2) is 48.5 Å². The van der Waals surface area contributed by atoms with Crippen LogP contribution in [0.3, 0.4) is 0 Å². The van der Waals surface area contributed by atoms with E-state index in [0.29, 0.717) is 18.9 Å². The van der Waals surface area contributed by atoms with E-state index in [-0.39, 0.29) is 11.8 Å². The molecule has 1 heterocycles. The third-order valence-corrected chi connectivity index (χ3v) is 3.96. The van der Waals surface area contributed by atoms with Gasteiger partial charge in [-0.2, -0.15) is 0 Å². The summed E-state index contributed by atoms with van der Waals surface area (Å²) in [5.41, 5.74) is 2.78. The lowest BCUT2D eigenvalue weighted by atomic mass is 9.92. The van der Waals surface area contributed by atoms with Gasteiger partial charge in [-0.1, -0.05) is 30.3 Å². The summed E-state index contributed by atoms with van der Waals surface area (Å²) in [6.45, 7) is 0.570. The molecule has 21 heavy (non-hydrogen) atoms. The van der Waals surface area contributed by atoms with E-state index >= 15 is 0 Å². The zero-order valence-electron chi connectivity index (χ0n) is 11.5. The first kappa shape index (κ1) is 14.0. The molecular weight excluding hydrogens is 286 g/mol. The van der Waals surface area contributed by atoms with Crippen LogP contribution in [-0.4, -0.2) is 12.5 Å². The Balaban J connectivity index is 1.76. The number of fused-ring (bicyclic) bond motifs is 1. The van der Waals surface area contributed by atoms with Crippen molar-refractivity contribution in [2.75, 3.05) is 11.9 Å². The molecule has 1 aliphatic heterocycles. The van der Waals surface area contributed by atoms with E-state index in [1.54, 1.807) is 0 Å². The van der Waals surface area contributed by atoms with Crippen molar-refractivity contribution >= 4 is 23.2 Å². The molecule has 3 rings (SSSR count). The van der Waals surface area contributed by atoms with E-state index in [4.69, 9.17) is 16.3 Å². The number of ether oxygens (including phenoxy) is 1. The fraction of sp³-hybridized carbons (Fsp3) is 0.235. The Labute approximate surface area is 128 Å². The summed E-state index contributed by atoms with van der Waals surface area (Å²) in [7, 11) is 0. The monoisotopic (exact) mass is 301 g/mol. The molecule has 0 saturated carbocycles. The molecule has 0 bridgehead atoms. The summed E-state index contributed by atoms with van der Waals surface area (Å²) in [6, 6.07) is 15.3. The van der Waals surface area contributed by atoms with Crippen LogP contribution in [0.4, 0.5) is 5.69 Å². The van der Waals surface area contributed by atoms with Crippen LogP contribution in [-0.2, 0) is 10.7 Å². The maximum atomic E-state index is 12.5. The van der Waals surface area contributed by atoms with Crippen molar-refractivity contribution in [2.24, 2.45) is 0 Å². The first-order chi connectivity index (χ1) is 10.3. The summed E-state index contributed by atoms with van der Waals surface area (Å²) in [4.78, 5) is 12.5. The predicted molar refractivity (Wildman–Crippen MR) is 83.9 cm³/mol. The summed E-state index contributed by atoms with van der Waals surface area (Å²) in [5, 5.41) is 2.97. The lowest BCUT2D eigenvalue weighted by Crippen LogP contribution is -2.26. The Hall–Kier alpha value is -2.00. The molecule has 0 fully saturated rings. The first-order valence-electron chi connectivity index (χ1n) is 6.95. The van der Waals surface area contributed by atoms with Crippen LogP contribution in [0.25, 0.3) is 0 Å². The largest absolute Gasteiger partial charge is 0.493 e. The van der Waals surface area contributed by atoms with Crippen LogP contribution in [0.1, 0.15) is 23.5 Å². The number of nitrogens with one attached hydrogen (secondary N) is 1. The predicted octanol–water partition coefficient (Wildman–Crippen LogP) is 3.93. The molecule has 4 heteroatoms. The van der Waals surface area contributed by atoms with Crippen molar-refractivity contribution in [1.82, 2.24) is 0 Å². The average Bonchev–Trinajstić information content (AvgIpc) is 2.55. The molecule has 3 nitrogen and oxygen atoms in total. The lowest BCUT2D eigenvalue weighted by molar-refractivity contribution is -0.118. The number of anilines is 1. The molecule has 0 radical (unpaired) electrons. The third kappa shape index (κ3) is 3.03. The van der Waals surface area contributed by atoms with Gasteiger partial charge in [0.05, 0.1) is 12.5 Å². The van der Waals surface area contributed by atoms with Gasteiger partial charge < -0.3 is 10.1 Å². The summed E-state index contributed by atoms with van der Waals surface area (Å²) >= 11 is 5.76. The first-order valence-corrected chi connectivity index (χ1v) is 7.49. The molecule has 0 spiro atoms. The van der Waals surface area contributed by atoms with E-state index in [1.807, 2.05) is 48.5 Å². The Kier molecular flexibility index (Phi) is 4.11. The van der Waals surface area contributed by atoms with E-state index in [0.717, 1.165) is 22.6 Å². The lowest BCUT2D eigenvalue weighted by Gasteiger charge is -2.25. The maximum absolute atomic E-state index is 12.5. The van der Waals surface area contributed by atoms with Crippen molar-refractivity contribution in [2.45, 2.75) is 18.2 Å². The summed E-state index contributed by atoms with van der Waals surface area (Å²) in [5.74, 6) is 1.12. The van der Waals surface area contributed by atoms with Crippen molar-refractivity contribution < 1.29 is 9.53 Å². The Morgan fingerprint density at radius 1 is 1.19 bits per heavy atom. The molecule has 0 aromatic heterocycles.